The van der Waals surface area contributed by atoms with Crippen LogP contribution in [0.2, 0.25) is 0 Å². The third-order valence-electron chi connectivity index (χ3n) is 2.45. The van der Waals surface area contributed by atoms with Crippen LogP contribution in [0.25, 0.3) is 0 Å². The smallest absolute Gasteiger partial charge is 0.0720 e. The molecule has 0 fully saturated rings. The first-order chi connectivity index (χ1) is 6.74. The molecule has 0 aliphatic carbocycles. The molecule has 1 rings (SSSR count). The molecule has 1 nitrogen and oxygen atoms in total. The summed E-state index contributed by atoms with van der Waals surface area (Å²) in [7, 11) is 0. The van der Waals surface area contributed by atoms with Crippen molar-refractivity contribution in [2.45, 2.75) is 39.9 Å². The molecule has 14 heavy (non-hydrogen) atoms. The van der Waals surface area contributed by atoms with Gasteiger partial charge >= 0.3 is 0 Å². The van der Waals surface area contributed by atoms with Gasteiger partial charge in [-0.3, -0.25) is 0 Å². The second-order valence-electron chi connectivity index (χ2n) is 3.99. The van der Waals surface area contributed by atoms with Crippen LogP contribution in [0.1, 0.15) is 32.8 Å². The van der Waals surface area contributed by atoms with Crippen molar-refractivity contribution in [3.63, 3.8) is 0 Å². The second kappa shape index (κ2) is 5.82. The van der Waals surface area contributed by atoms with E-state index in [9.17, 15) is 0 Å². The lowest BCUT2D eigenvalue weighted by molar-refractivity contribution is 0.00842. The fraction of sp³-hybridized carbons (Fsp3) is 0.538. The maximum Gasteiger partial charge on any atom is 0.0720 e. The van der Waals surface area contributed by atoms with Gasteiger partial charge in [0.1, 0.15) is 0 Å². The van der Waals surface area contributed by atoms with Gasteiger partial charge in [0.15, 0.2) is 0 Å². The Balaban J connectivity index is 2.40. The Morgan fingerprint density at radius 1 is 1.14 bits per heavy atom. The topological polar surface area (TPSA) is 9.23 Å². The van der Waals surface area contributed by atoms with Crippen LogP contribution in [0.5, 0.6) is 0 Å². The fourth-order valence-corrected chi connectivity index (χ4v) is 1.56. The summed E-state index contributed by atoms with van der Waals surface area (Å²) in [6.45, 7) is 7.32. The first-order valence-electron chi connectivity index (χ1n) is 5.39. The largest absolute Gasteiger partial charge is 0.373 e. The van der Waals surface area contributed by atoms with Gasteiger partial charge in [-0.15, -0.1) is 0 Å². The SMILES string of the molecule is CCC(OCc1ccccc1)C(C)C. The van der Waals surface area contributed by atoms with E-state index in [1.807, 2.05) is 6.07 Å². The molecule has 0 heterocycles. The first-order valence-corrected chi connectivity index (χ1v) is 5.39. The highest BCUT2D eigenvalue weighted by atomic mass is 16.5. The van der Waals surface area contributed by atoms with Gasteiger partial charge in [-0.25, -0.2) is 0 Å². The molecular formula is C13H20O. The van der Waals surface area contributed by atoms with Crippen molar-refractivity contribution in [1.29, 1.82) is 0 Å². The number of hydrogen-bond donors (Lipinski definition) is 0. The summed E-state index contributed by atoms with van der Waals surface area (Å²) in [5.74, 6) is 0.601. The summed E-state index contributed by atoms with van der Waals surface area (Å²) in [6, 6.07) is 10.3. The van der Waals surface area contributed by atoms with E-state index in [1.165, 1.54) is 5.56 Å². The molecule has 1 aromatic rings. The molecule has 0 aliphatic rings. The summed E-state index contributed by atoms with van der Waals surface area (Å²) in [6.07, 6.45) is 1.47. The zero-order chi connectivity index (χ0) is 10.4. The molecule has 0 N–H and O–H groups in total. The average Bonchev–Trinajstić information content (AvgIpc) is 2.20. The van der Waals surface area contributed by atoms with Gasteiger partial charge in [0, 0.05) is 0 Å². The van der Waals surface area contributed by atoms with E-state index in [-0.39, 0.29) is 0 Å². The first kappa shape index (κ1) is 11.3. The van der Waals surface area contributed by atoms with Crippen molar-refractivity contribution < 1.29 is 4.74 Å². The minimum absolute atomic E-state index is 0.384. The Kier molecular flexibility index (Phi) is 4.68. The Morgan fingerprint density at radius 2 is 1.79 bits per heavy atom. The molecular weight excluding hydrogens is 172 g/mol. The lowest BCUT2D eigenvalue weighted by atomic mass is 10.1. The predicted octanol–water partition coefficient (Wildman–Crippen LogP) is 3.64. The van der Waals surface area contributed by atoms with Crippen LogP contribution in [0.15, 0.2) is 30.3 Å². The van der Waals surface area contributed by atoms with Gasteiger partial charge < -0.3 is 4.74 Å². The molecule has 1 unspecified atom stereocenters. The Hall–Kier alpha value is -0.820. The van der Waals surface area contributed by atoms with Crippen molar-refractivity contribution in [2.24, 2.45) is 5.92 Å². The molecule has 1 atom stereocenters. The van der Waals surface area contributed by atoms with E-state index < -0.39 is 0 Å². The van der Waals surface area contributed by atoms with E-state index >= 15 is 0 Å². The average molecular weight is 192 g/mol. The zero-order valence-corrected chi connectivity index (χ0v) is 9.36. The fourth-order valence-electron chi connectivity index (χ4n) is 1.56. The number of rotatable bonds is 5. The highest BCUT2D eigenvalue weighted by molar-refractivity contribution is 5.13. The Bertz CT molecular complexity index is 241. The Labute approximate surface area is 87.1 Å². The highest BCUT2D eigenvalue weighted by Gasteiger charge is 2.10. The monoisotopic (exact) mass is 192 g/mol. The molecule has 0 amide bonds. The lowest BCUT2D eigenvalue weighted by Gasteiger charge is -2.19. The lowest BCUT2D eigenvalue weighted by Crippen LogP contribution is -2.18. The molecule has 1 aromatic carbocycles. The molecule has 0 saturated carbocycles. The molecule has 1 heteroatoms. The number of ether oxygens (including phenoxy) is 1. The minimum atomic E-state index is 0.384. The van der Waals surface area contributed by atoms with Gasteiger partial charge in [-0.1, -0.05) is 51.1 Å². The summed E-state index contributed by atoms with van der Waals surface area (Å²) in [5.41, 5.74) is 1.26. The summed E-state index contributed by atoms with van der Waals surface area (Å²) in [5, 5.41) is 0. The molecule has 0 radical (unpaired) electrons. The highest BCUT2D eigenvalue weighted by Crippen LogP contribution is 2.12. The third kappa shape index (κ3) is 3.51. The maximum absolute atomic E-state index is 5.84. The van der Waals surface area contributed by atoms with E-state index in [2.05, 4.69) is 45.0 Å². The predicted molar refractivity (Wildman–Crippen MR) is 60.1 cm³/mol. The quantitative estimate of drug-likeness (QED) is 0.692. The molecule has 0 spiro atoms. The van der Waals surface area contributed by atoms with Crippen LogP contribution in [0, 0.1) is 5.92 Å². The van der Waals surface area contributed by atoms with E-state index in [0.717, 1.165) is 13.0 Å². The summed E-state index contributed by atoms with van der Waals surface area (Å²) in [4.78, 5) is 0. The zero-order valence-electron chi connectivity index (χ0n) is 9.36. The Morgan fingerprint density at radius 3 is 2.29 bits per heavy atom. The van der Waals surface area contributed by atoms with Gasteiger partial charge in [0.25, 0.3) is 0 Å². The molecule has 0 bridgehead atoms. The third-order valence-corrected chi connectivity index (χ3v) is 2.45. The van der Waals surface area contributed by atoms with Gasteiger partial charge in [-0.05, 0) is 17.9 Å². The molecule has 78 valence electrons. The number of benzene rings is 1. The van der Waals surface area contributed by atoms with Crippen LogP contribution < -0.4 is 0 Å². The van der Waals surface area contributed by atoms with Crippen LogP contribution in [-0.2, 0) is 11.3 Å². The van der Waals surface area contributed by atoms with Crippen molar-refractivity contribution in [2.75, 3.05) is 0 Å². The molecule has 0 saturated heterocycles. The van der Waals surface area contributed by atoms with Crippen molar-refractivity contribution in [3.8, 4) is 0 Å². The number of hydrogen-bond acceptors (Lipinski definition) is 1. The minimum Gasteiger partial charge on any atom is -0.373 e. The van der Waals surface area contributed by atoms with Gasteiger partial charge in [0.05, 0.1) is 12.7 Å². The summed E-state index contributed by atoms with van der Waals surface area (Å²) >= 11 is 0. The standard InChI is InChI=1S/C13H20O/c1-4-13(11(2)3)14-10-12-8-6-5-7-9-12/h5-9,11,13H,4,10H2,1-3H3. The van der Waals surface area contributed by atoms with Crippen LogP contribution in [-0.4, -0.2) is 6.10 Å². The molecule has 0 aliphatic heterocycles. The van der Waals surface area contributed by atoms with Crippen LogP contribution >= 0.6 is 0 Å². The van der Waals surface area contributed by atoms with Crippen molar-refractivity contribution >= 4 is 0 Å². The normalized spacial score (nSPS) is 13.1. The van der Waals surface area contributed by atoms with Crippen LogP contribution in [0.3, 0.4) is 0 Å². The van der Waals surface area contributed by atoms with Gasteiger partial charge in [0.2, 0.25) is 0 Å². The molecule has 0 aromatic heterocycles. The van der Waals surface area contributed by atoms with Crippen molar-refractivity contribution in [1.82, 2.24) is 0 Å². The van der Waals surface area contributed by atoms with E-state index in [0.29, 0.717) is 12.0 Å². The van der Waals surface area contributed by atoms with Crippen LogP contribution in [0.4, 0.5) is 0 Å². The van der Waals surface area contributed by atoms with Gasteiger partial charge in [-0.2, -0.15) is 0 Å². The second-order valence-corrected chi connectivity index (χ2v) is 3.99. The van der Waals surface area contributed by atoms with E-state index in [4.69, 9.17) is 4.74 Å². The van der Waals surface area contributed by atoms with Crippen molar-refractivity contribution in [3.05, 3.63) is 35.9 Å². The van der Waals surface area contributed by atoms with E-state index in [1.54, 1.807) is 0 Å². The summed E-state index contributed by atoms with van der Waals surface area (Å²) < 4.78 is 5.84. The maximum atomic E-state index is 5.84.